The Bertz CT molecular complexity index is 297. The van der Waals surface area contributed by atoms with Crippen molar-refractivity contribution in [1.82, 2.24) is 10.6 Å². The normalized spacial score (nSPS) is 16.6. The van der Waals surface area contributed by atoms with E-state index in [4.69, 9.17) is 0 Å². The van der Waals surface area contributed by atoms with Crippen LogP contribution >= 0.6 is 15.9 Å². The highest BCUT2D eigenvalue weighted by Gasteiger charge is 2.14. The van der Waals surface area contributed by atoms with Crippen molar-refractivity contribution in [3.05, 3.63) is 34.3 Å². The van der Waals surface area contributed by atoms with Gasteiger partial charge in [-0.3, -0.25) is 0 Å². The van der Waals surface area contributed by atoms with E-state index in [9.17, 15) is 0 Å². The predicted octanol–water partition coefficient (Wildman–Crippen LogP) is 1.55. The topological polar surface area (TPSA) is 24.1 Å². The summed E-state index contributed by atoms with van der Waals surface area (Å²) in [5.41, 5.74) is 1.39. The van der Waals surface area contributed by atoms with Gasteiger partial charge in [-0.2, -0.15) is 0 Å². The summed E-state index contributed by atoms with van der Waals surface area (Å²) in [5, 5.41) is 6.76. The second-order valence-corrected chi connectivity index (χ2v) is 4.60. The summed E-state index contributed by atoms with van der Waals surface area (Å²) in [4.78, 5) is 0. The summed E-state index contributed by atoms with van der Waals surface area (Å²) in [6.45, 7) is 3.32. The van der Waals surface area contributed by atoms with Crippen LogP contribution in [0.5, 0.6) is 0 Å². The molecule has 0 aliphatic carbocycles. The number of halogens is 1. The minimum atomic E-state index is 0.696. The van der Waals surface area contributed by atoms with Gasteiger partial charge in [-0.25, -0.2) is 0 Å². The van der Waals surface area contributed by atoms with Crippen LogP contribution in [-0.2, 0) is 6.42 Å². The van der Waals surface area contributed by atoms with Gasteiger partial charge < -0.3 is 10.6 Å². The molecule has 0 spiro atoms. The Morgan fingerprint density at radius 2 is 2.29 bits per heavy atom. The number of benzene rings is 1. The second-order valence-electron chi connectivity index (χ2n) is 3.69. The minimum absolute atomic E-state index is 0.696. The van der Waals surface area contributed by atoms with Gasteiger partial charge in [0.15, 0.2) is 0 Å². The van der Waals surface area contributed by atoms with E-state index in [1.807, 2.05) is 0 Å². The van der Waals surface area contributed by atoms with Gasteiger partial charge in [0.25, 0.3) is 0 Å². The highest BCUT2D eigenvalue weighted by molar-refractivity contribution is 9.10. The first kappa shape index (κ1) is 10.1. The van der Waals surface area contributed by atoms with Gasteiger partial charge in [0.05, 0.1) is 0 Å². The number of hydrogen-bond donors (Lipinski definition) is 2. The van der Waals surface area contributed by atoms with Crippen molar-refractivity contribution in [3.8, 4) is 0 Å². The second kappa shape index (κ2) is 4.91. The Labute approximate surface area is 93.2 Å². The van der Waals surface area contributed by atoms with Crippen molar-refractivity contribution in [2.24, 2.45) is 0 Å². The zero-order valence-corrected chi connectivity index (χ0v) is 9.68. The fourth-order valence-corrected chi connectivity index (χ4v) is 1.99. The summed E-state index contributed by atoms with van der Waals surface area (Å²) in [6, 6.07) is 9.20. The molecular weight excluding hydrogens is 240 g/mol. The Kier molecular flexibility index (Phi) is 3.56. The molecule has 1 heterocycles. The summed E-state index contributed by atoms with van der Waals surface area (Å²) >= 11 is 3.48. The lowest BCUT2D eigenvalue weighted by Crippen LogP contribution is -2.55. The molecule has 14 heavy (non-hydrogen) atoms. The quantitative estimate of drug-likeness (QED) is 0.853. The van der Waals surface area contributed by atoms with E-state index < -0.39 is 0 Å². The zero-order valence-electron chi connectivity index (χ0n) is 8.09. The average molecular weight is 255 g/mol. The van der Waals surface area contributed by atoms with Gasteiger partial charge >= 0.3 is 0 Å². The van der Waals surface area contributed by atoms with Crippen molar-refractivity contribution < 1.29 is 0 Å². The standard InChI is InChI=1S/C11H15BrN2/c12-10-3-1-2-9(6-10)4-5-14-11-7-13-8-11/h1-3,6,11,13-14H,4-5,7-8H2. The zero-order chi connectivity index (χ0) is 9.80. The van der Waals surface area contributed by atoms with Crippen LogP contribution in [0.15, 0.2) is 28.7 Å². The molecule has 1 fully saturated rings. The van der Waals surface area contributed by atoms with Crippen LogP contribution in [0.4, 0.5) is 0 Å². The maximum absolute atomic E-state index is 3.51. The molecule has 2 rings (SSSR count). The van der Waals surface area contributed by atoms with Crippen molar-refractivity contribution in [1.29, 1.82) is 0 Å². The van der Waals surface area contributed by atoms with Crippen molar-refractivity contribution in [2.45, 2.75) is 12.5 Å². The summed E-state index contributed by atoms with van der Waals surface area (Å²) in [6.07, 6.45) is 1.11. The molecule has 0 unspecified atom stereocenters. The fraction of sp³-hybridized carbons (Fsp3) is 0.455. The SMILES string of the molecule is Brc1cccc(CCNC2CNC2)c1. The molecule has 0 amide bonds. The lowest BCUT2D eigenvalue weighted by Gasteiger charge is -2.28. The third-order valence-corrected chi connectivity index (χ3v) is 3.01. The molecule has 2 nitrogen and oxygen atoms in total. The molecule has 0 saturated carbocycles. The van der Waals surface area contributed by atoms with Gasteiger partial charge in [0.1, 0.15) is 0 Å². The van der Waals surface area contributed by atoms with Crippen molar-refractivity contribution in [3.63, 3.8) is 0 Å². The van der Waals surface area contributed by atoms with Crippen LogP contribution in [0.2, 0.25) is 0 Å². The minimum Gasteiger partial charge on any atom is -0.314 e. The Morgan fingerprint density at radius 3 is 2.93 bits per heavy atom. The van der Waals surface area contributed by atoms with E-state index in [-0.39, 0.29) is 0 Å². The summed E-state index contributed by atoms with van der Waals surface area (Å²) < 4.78 is 1.17. The van der Waals surface area contributed by atoms with E-state index >= 15 is 0 Å². The lowest BCUT2D eigenvalue weighted by molar-refractivity contribution is 0.369. The largest absolute Gasteiger partial charge is 0.314 e. The van der Waals surface area contributed by atoms with Crippen molar-refractivity contribution in [2.75, 3.05) is 19.6 Å². The molecule has 1 saturated heterocycles. The van der Waals surface area contributed by atoms with Crippen LogP contribution in [0.3, 0.4) is 0 Å². The van der Waals surface area contributed by atoms with Gasteiger partial charge in [-0.05, 0) is 30.7 Å². The van der Waals surface area contributed by atoms with E-state index in [0.717, 1.165) is 26.1 Å². The highest BCUT2D eigenvalue weighted by Crippen LogP contribution is 2.11. The van der Waals surface area contributed by atoms with Gasteiger partial charge in [-0.15, -0.1) is 0 Å². The molecular formula is C11H15BrN2. The first-order valence-corrected chi connectivity index (χ1v) is 5.82. The van der Waals surface area contributed by atoms with E-state index in [1.165, 1.54) is 10.0 Å². The van der Waals surface area contributed by atoms with Gasteiger partial charge in [0, 0.05) is 23.6 Å². The fourth-order valence-electron chi connectivity index (χ4n) is 1.55. The summed E-state index contributed by atoms with van der Waals surface area (Å²) in [7, 11) is 0. The molecule has 3 heteroatoms. The Morgan fingerprint density at radius 1 is 1.43 bits per heavy atom. The van der Waals surface area contributed by atoms with E-state index in [2.05, 4.69) is 50.8 Å². The lowest BCUT2D eigenvalue weighted by atomic mass is 10.1. The molecule has 0 radical (unpaired) electrons. The molecule has 76 valence electrons. The monoisotopic (exact) mass is 254 g/mol. The molecule has 0 bridgehead atoms. The molecule has 1 aromatic carbocycles. The maximum atomic E-state index is 3.51. The molecule has 0 aromatic heterocycles. The molecule has 0 atom stereocenters. The number of nitrogens with one attached hydrogen (secondary N) is 2. The Balaban J connectivity index is 1.74. The third-order valence-electron chi connectivity index (χ3n) is 2.52. The van der Waals surface area contributed by atoms with Gasteiger partial charge in [0.2, 0.25) is 0 Å². The smallest absolute Gasteiger partial charge is 0.0317 e. The van der Waals surface area contributed by atoms with E-state index in [1.54, 1.807) is 0 Å². The third kappa shape index (κ3) is 2.80. The first-order chi connectivity index (χ1) is 6.84. The van der Waals surface area contributed by atoms with E-state index in [0.29, 0.717) is 6.04 Å². The number of hydrogen-bond acceptors (Lipinski definition) is 2. The highest BCUT2D eigenvalue weighted by atomic mass is 79.9. The molecule has 1 aromatic rings. The first-order valence-electron chi connectivity index (χ1n) is 5.03. The molecule has 1 aliphatic rings. The number of rotatable bonds is 4. The van der Waals surface area contributed by atoms with Crippen LogP contribution in [0.1, 0.15) is 5.56 Å². The molecule has 2 N–H and O–H groups in total. The maximum Gasteiger partial charge on any atom is 0.0317 e. The van der Waals surface area contributed by atoms with Crippen LogP contribution < -0.4 is 10.6 Å². The summed E-state index contributed by atoms with van der Waals surface area (Å²) in [5.74, 6) is 0. The van der Waals surface area contributed by atoms with Gasteiger partial charge in [-0.1, -0.05) is 28.1 Å². The Hall–Kier alpha value is -0.380. The average Bonchev–Trinajstić information content (AvgIpc) is 2.09. The van der Waals surface area contributed by atoms with Crippen LogP contribution in [-0.4, -0.2) is 25.7 Å². The van der Waals surface area contributed by atoms with Crippen LogP contribution in [0.25, 0.3) is 0 Å². The predicted molar refractivity (Wildman–Crippen MR) is 62.5 cm³/mol. The van der Waals surface area contributed by atoms with Crippen LogP contribution in [0, 0.1) is 0 Å². The molecule has 1 aliphatic heterocycles. The van der Waals surface area contributed by atoms with Crippen molar-refractivity contribution >= 4 is 15.9 Å².